The monoisotopic (exact) mass is 221 g/mol. The van der Waals surface area contributed by atoms with Gasteiger partial charge in [0.1, 0.15) is 0 Å². The Morgan fingerprint density at radius 2 is 2.12 bits per heavy atom. The Morgan fingerprint density at radius 1 is 1.31 bits per heavy atom. The maximum Gasteiger partial charge on any atom is 0.0866 e. The van der Waals surface area contributed by atoms with Crippen molar-refractivity contribution < 1.29 is 0 Å². The third-order valence-corrected chi connectivity index (χ3v) is 3.65. The van der Waals surface area contributed by atoms with Crippen molar-refractivity contribution >= 4 is 0 Å². The van der Waals surface area contributed by atoms with Crippen molar-refractivity contribution in [2.75, 3.05) is 19.6 Å². The highest BCUT2D eigenvalue weighted by Gasteiger charge is 2.30. The molecule has 0 amide bonds. The third kappa shape index (κ3) is 3.47. The Kier molecular flexibility index (Phi) is 4.20. The predicted molar refractivity (Wildman–Crippen MR) is 65.0 cm³/mol. The van der Waals surface area contributed by atoms with Gasteiger partial charge in [0.25, 0.3) is 0 Å². The van der Waals surface area contributed by atoms with Gasteiger partial charge >= 0.3 is 0 Å². The Labute approximate surface area is 98.8 Å². The fraction of sp³-hybridized carbons (Fsp3) is 0.923. The summed E-state index contributed by atoms with van der Waals surface area (Å²) in [6.45, 7) is 5.06. The molecule has 1 saturated carbocycles. The van der Waals surface area contributed by atoms with E-state index in [1.807, 2.05) is 0 Å². The van der Waals surface area contributed by atoms with E-state index in [2.05, 4.69) is 23.2 Å². The molecule has 1 aliphatic heterocycles. The number of rotatable bonds is 5. The van der Waals surface area contributed by atoms with Gasteiger partial charge in [-0.2, -0.15) is 5.26 Å². The molecule has 1 aliphatic carbocycles. The normalized spacial score (nSPS) is 31.2. The first kappa shape index (κ1) is 11.9. The van der Waals surface area contributed by atoms with Crippen LogP contribution in [0.3, 0.4) is 0 Å². The smallest absolute Gasteiger partial charge is 0.0866 e. The van der Waals surface area contributed by atoms with Crippen LogP contribution in [0.15, 0.2) is 0 Å². The first-order valence-corrected chi connectivity index (χ1v) is 6.67. The van der Waals surface area contributed by atoms with Crippen LogP contribution in [0.5, 0.6) is 0 Å². The van der Waals surface area contributed by atoms with Crippen molar-refractivity contribution in [3.63, 3.8) is 0 Å². The van der Waals surface area contributed by atoms with Gasteiger partial charge in [0, 0.05) is 25.2 Å². The van der Waals surface area contributed by atoms with E-state index in [1.54, 1.807) is 0 Å². The van der Waals surface area contributed by atoms with Crippen molar-refractivity contribution in [3.05, 3.63) is 0 Å². The molecule has 1 N–H and O–H groups in total. The van der Waals surface area contributed by atoms with Gasteiger partial charge in [0.05, 0.1) is 12.6 Å². The second kappa shape index (κ2) is 5.65. The van der Waals surface area contributed by atoms with E-state index in [1.165, 1.54) is 32.1 Å². The molecule has 2 fully saturated rings. The summed E-state index contributed by atoms with van der Waals surface area (Å²) in [6, 6.07) is 3.70. The summed E-state index contributed by atoms with van der Waals surface area (Å²) in [5.74, 6) is 0.795. The summed E-state index contributed by atoms with van der Waals surface area (Å²) in [4.78, 5) is 2.32. The number of piperidine rings is 1. The Balaban J connectivity index is 1.84. The van der Waals surface area contributed by atoms with Gasteiger partial charge in [-0.3, -0.25) is 4.90 Å². The van der Waals surface area contributed by atoms with Crippen LogP contribution in [0.25, 0.3) is 0 Å². The Morgan fingerprint density at radius 3 is 2.75 bits per heavy atom. The standard InChI is InChI=1S/C13H23N3/c1-2-3-11-8-13(15-12-4-5-12)10-16(9-11)7-6-14/h11-13,15H,2-5,7-10H2,1H3. The van der Waals surface area contributed by atoms with Gasteiger partial charge < -0.3 is 5.32 Å². The summed E-state index contributed by atoms with van der Waals surface area (Å²) in [7, 11) is 0. The topological polar surface area (TPSA) is 39.1 Å². The molecule has 3 nitrogen and oxygen atoms in total. The van der Waals surface area contributed by atoms with Crippen molar-refractivity contribution in [1.82, 2.24) is 10.2 Å². The van der Waals surface area contributed by atoms with Crippen LogP contribution in [-0.4, -0.2) is 36.6 Å². The van der Waals surface area contributed by atoms with Gasteiger partial charge in [0.2, 0.25) is 0 Å². The lowest BCUT2D eigenvalue weighted by atomic mass is 9.90. The molecule has 0 spiro atoms. The number of hydrogen-bond donors (Lipinski definition) is 1. The molecule has 16 heavy (non-hydrogen) atoms. The molecule has 1 saturated heterocycles. The highest BCUT2D eigenvalue weighted by molar-refractivity contribution is 4.92. The summed E-state index contributed by atoms with van der Waals surface area (Å²) < 4.78 is 0. The largest absolute Gasteiger partial charge is 0.310 e. The summed E-state index contributed by atoms with van der Waals surface area (Å²) in [5.41, 5.74) is 0. The van der Waals surface area contributed by atoms with E-state index >= 15 is 0 Å². The molecular weight excluding hydrogens is 198 g/mol. The average molecular weight is 221 g/mol. The van der Waals surface area contributed by atoms with E-state index in [0.717, 1.165) is 25.0 Å². The Hall–Kier alpha value is -0.590. The van der Waals surface area contributed by atoms with E-state index in [9.17, 15) is 0 Å². The zero-order valence-corrected chi connectivity index (χ0v) is 10.3. The summed E-state index contributed by atoms with van der Waals surface area (Å²) in [5, 5.41) is 12.5. The number of hydrogen-bond acceptors (Lipinski definition) is 3. The van der Waals surface area contributed by atoms with Crippen molar-refractivity contribution in [3.8, 4) is 6.07 Å². The van der Waals surface area contributed by atoms with Gasteiger partial charge in [0.15, 0.2) is 0 Å². The molecular formula is C13H23N3. The Bertz CT molecular complexity index is 254. The number of nitriles is 1. The lowest BCUT2D eigenvalue weighted by molar-refractivity contribution is 0.148. The third-order valence-electron chi connectivity index (χ3n) is 3.65. The van der Waals surface area contributed by atoms with E-state index < -0.39 is 0 Å². The highest BCUT2D eigenvalue weighted by Crippen LogP contribution is 2.25. The van der Waals surface area contributed by atoms with Gasteiger partial charge in [-0.25, -0.2) is 0 Å². The second-order valence-electron chi connectivity index (χ2n) is 5.38. The average Bonchev–Trinajstić information content (AvgIpc) is 3.02. The van der Waals surface area contributed by atoms with Crippen molar-refractivity contribution in [1.29, 1.82) is 5.26 Å². The number of likely N-dealkylation sites (tertiary alicyclic amines) is 1. The molecule has 2 aliphatic rings. The van der Waals surface area contributed by atoms with Crippen LogP contribution in [0.1, 0.15) is 39.0 Å². The molecule has 90 valence electrons. The SMILES string of the molecule is CCCC1CC(NC2CC2)CN(CC#N)C1. The van der Waals surface area contributed by atoms with Crippen LogP contribution in [0.2, 0.25) is 0 Å². The van der Waals surface area contributed by atoms with Gasteiger partial charge in [-0.1, -0.05) is 13.3 Å². The second-order valence-corrected chi connectivity index (χ2v) is 5.38. The van der Waals surface area contributed by atoms with Crippen molar-refractivity contribution in [2.24, 2.45) is 5.92 Å². The summed E-state index contributed by atoms with van der Waals surface area (Å²) in [6.07, 6.45) is 6.60. The molecule has 2 rings (SSSR count). The molecule has 2 atom stereocenters. The first-order valence-electron chi connectivity index (χ1n) is 6.67. The molecule has 0 aromatic carbocycles. The predicted octanol–water partition coefficient (Wildman–Crippen LogP) is 1.75. The molecule has 3 heteroatoms. The van der Waals surface area contributed by atoms with Crippen LogP contribution in [0, 0.1) is 17.2 Å². The van der Waals surface area contributed by atoms with Crippen LogP contribution in [0.4, 0.5) is 0 Å². The van der Waals surface area contributed by atoms with E-state index in [0.29, 0.717) is 12.6 Å². The molecule has 0 aromatic heterocycles. The molecule has 0 radical (unpaired) electrons. The van der Waals surface area contributed by atoms with E-state index in [4.69, 9.17) is 5.26 Å². The maximum absolute atomic E-state index is 8.80. The number of nitrogens with one attached hydrogen (secondary N) is 1. The quantitative estimate of drug-likeness (QED) is 0.719. The summed E-state index contributed by atoms with van der Waals surface area (Å²) >= 11 is 0. The highest BCUT2D eigenvalue weighted by atomic mass is 15.2. The maximum atomic E-state index is 8.80. The fourth-order valence-corrected chi connectivity index (χ4v) is 2.85. The number of nitrogens with zero attached hydrogens (tertiary/aromatic N) is 2. The van der Waals surface area contributed by atoms with E-state index in [-0.39, 0.29) is 0 Å². The zero-order valence-electron chi connectivity index (χ0n) is 10.3. The van der Waals surface area contributed by atoms with Crippen molar-refractivity contribution in [2.45, 2.75) is 51.1 Å². The molecule has 0 bridgehead atoms. The van der Waals surface area contributed by atoms with Gasteiger partial charge in [-0.05, 0) is 31.6 Å². The van der Waals surface area contributed by atoms with Crippen LogP contribution < -0.4 is 5.32 Å². The first-order chi connectivity index (χ1) is 7.81. The lowest BCUT2D eigenvalue weighted by Gasteiger charge is -2.37. The zero-order chi connectivity index (χ0) is 11.4. The lowest BCUT2D eigenvalue weighted by Crippen LogP contribution is -2.49. The minimum Gasteiger partial charge on any atom is -0.310 e. The minimum absolute atomic E-state index is 0.600. The molecule has 0 aromatic rings. The molecule has 2 unspecified atom stereocenters. The van der Waals surface area contributed by atoms with Crippen LogP contribution in [-0.2, 0) is 0 Å². The fourth-order valence-electron chi connectivity index (χ4n) is 2.85. The van der Waals surface area contributed by atoms with Crippen LogP contribution >= 0.6 is 0 Å². The molecule has 1 heterocycles. The van der Waals surface area contributed by atoms with Gasteiger partial charge in [-0.15, -0.1) is 0 Å². The minimum atomic E-state index is 0.600.